The summed E-state index contributed by atoms with van der Waals surface area (Å²) in [7, 11) is 3.50. The number of carboxylic acids is 1. The summed E-state index contributed by atoms with van der Waals surface area (Å²) in [5.74, 6) is -1.41. The maximum atomic E-state index is 11.5. The normalized spacial score (nSPS) is 10.4. The molecular formula is C11H13ClN2O3. The number of hydrogen-bond donors (Lipinski definition) is 2. The molecule has 0 radical (unpaired) electrons. The van der Waals surface area contributed by atoms with Gasteiger partial charge in [0.15, 0.2) is 0 Å². The number of likely N-dealkylation sites (N-methyl/N-ethyl adjacent to an activating group) is 1. The Morgan fingerprint density at radius 1 is 1.41 bits per heavy atom. The zero-order valence-electron chi connectivity index (χ0n) is 9.53. The van der Waals surface area contributed by atoms with Crippen LogP contribution in [0.5, 0.6) is 0 Å². The van der Waals surface area contributed by atoms with E-state index in [0.717, 1.165) is 0 Å². The number of rotatable bonds is 4. The molecule has 1 amide bonds. The van der Waals surface area contributed by atoms with Crippen LogP contribution in [-0.4, -0.2) is 42.5 Å². The van der Waals surface area contributed by atoms with E-state index in [9.17, 15) is 9.59 Å². The van der Waals surface area contributed by atoms with Gasteiger partial charge in [-0.05, 0) is 32.3 Å². The van der Waals surface area contributed by atoms with Crippen LogP contribution in [0.25, 0.3) is 0 Å². The zero-order chi connectivity index (χ0) is 13.0. The molecule has 0 saturated carbocycles. The van der Waals surface area contributed by atoms with E-state index < -0.39 is 5.97 Å². The molecule has 1 aromatic rings. The molecule has 2 N–H and O–H groups in total. The molecule has 0 unspecified atom stereocenters. The second-order valence-corrected chi connectivity index (χ2v) is 4.22. The lowest BCUT2D eigenvalue weighted by atomic mass is 10.2. The molecule has 0 bridgehead atoms. The average Bonchev–Trinajstić information content (AvgIpc) is 2.19. The number of carbonyl (C=O) groups excluding carboxylic acids is 1. The first-order valence-electron chi connectivity index (χ1n) is 4.87. The molecular weight excluding hydrogens is 244 g/mol. The van der Waals surface area contributed by atoms with Crippen molar-refractivity contribution in [3.8, 4) is 0 Å². The third-order valence-electron chi connectivity index (χ3n) is 1.95. The lowest BCUT2D eigenvalue weighted by molar-refractivity contribution is -0.116. The smallest absolute Gasteiger partial charge is 0.337 e. The highest BCUT2D eigenvalue weighted by Crippen LogP contribution is 2.20. The van der Waals surface area contributed by atoms with Crippen molar-refractivity contribution in [2.24, 2.45) is 0 Å². The van der Waals surface area contributed by atoms with E-state index in [-0.39, 0.29) is 23.7 Å². The van der Waals surface area contributed by atoms with E-state index >= 15 is 0 Å². The topological polar surface area (TPSA) is 69.6 Å². The maximum absolute atomic E-state index is 11.5. The highest BCUT2D eigenvalue weighted by Gasteiger charge is 2.13. The molecule has 0 heterocycles. The number of hydrogen-bond acceptors (Lipinski definition) is 3. The van der Waals surface area contributed by atoms with Crippen molar-refractivity contribution < 1.29 is 14.7 Å². The summed E-state index contributed by atoms with van der Waals surface area (Å²) in [6.45, 7) is 0.182. The Kier molecular flexibility index (Phi) is 4.48. The fourth-order valence-electron chi connectivity index (χ4n) is 1.28. The molecule has 1 aromatic carbocycles. The number of halogens is 1. The molecule has 5 nitrogen and oxygen atoms in total. The summed E-state index contributed by atoms with van der Waals surface area (Å²) < 4.78 is 0. The van der Waals surface area contributed by atoms with Gasteiger partial charge in [-0.3, -0.25) is 4.79 Å². The molecule has 92 valence electrons. The Labute approximate surface area is 104 Å². The van der Waals surface area contributed by atoms with Gasteiger partial charge in [0.2, 0.25) is 5.91 Å². The van der Waals surface area contributed by atoms with Crippen LogP contribution in [0.15, 0.2) is 18.2 Å². The predicted molar refractivity (Wildman–Crippen MR) is 65.6 cm³/mol. The summed E-state index contributed by atoms with van der Waals surface area (Å²) >= 11 is 5.70. The molecule has 0 spiro atoms. The van der Waals surface area contributed by atoms with Gasteiger partial charge in [-0.2, -0.15) is 0 Å². The Morgan fingerprint density at radius 3 is 2.59 bits per heavy atom. The van der Waals surface area contributed by atoms with Gasteiger partial charge in [0, 0.05) is 5.02 Å². The van der Waals surface area contributed by atoms with E-state index in [4.69, 9.17) is 16.7 Å². The number of amides is 1. The summed E-state index contributed by atoms with van der Waals surface area (Å²) in [4.78, 5) is 24.1. The second-order valence-electron chi connectivity index (χ2n) is 3.78. The minimum Gasteiger partial charge on any atom is -0.478 e. The number of anilines is 1. The molecule has 0 fully saturated rings. The highest BCUT2D eigenvalue weighted by molar-refractivity contribution is 6.31. The van der Waals surface area contributed by atoms with Gasteiger partial charge in [0.05, 0.1) is 17.8 Å². The van der Waals surface area contributed by atoms with E-state index in [0.29, 0.717) is 5.02 Å². The Hall–Kier alpha value is -1.59. The fourth-order valence-corrected chi connectivity index (χ4v) is 1.45. The minimum atomic E-state index is -1.13. The second kappa shape index (κ2) is 5.65. The van der Waals surface area contributed by atoms with Gasteiger partial charge in [0.25, 0.3) is 0 Å². The van der Waals surface area contributed by atoms with Crippen LogP contribution in [0, 0.1) is 0 Å². The monoisotopic (exact) mass is 256 g/mol. The van der Waals surface area contributed by atoms with Crippen molar-refractivity contribution >= 4 is 29.2 Å². The van der Waals surface area contributed by atoms with Gasteiger partial charge < -0.3 is 15.3 Å². The summed E-state index contributed by atoms with van der Waals surface area (Å²) in [6.07, 6.45) is 0. The van der Waals surface area contributed by atoms with Crippen LogP contribution < -0.4 is 5.32 Å². The van der Waals surface area contributed by atoms with Crippen LogP contribution in [0.3, 0.4) is 0 Å². The summed E-state index contributed by atoms with van der Waals surface area (Å²) in [6, 6.07) is 4.30. The van der Waals surface area contributed by atoms with Gasteiger partial charge in [-0.1, -0.05) is 11.6 Å². The Morgan fingerprint density at radius 2 is 2.06 bits per heavy atom. The van der Waals surface area contributed by atoms with Gasteiger partial charge in [0.1, 0.15) is 0 Å². The molecule has 17 heavy (non-hydrogen) atoms. The van der Waals surface area contributed by atoms with Crippen molar-refractivity contribution in [2.45, 2.75) is 0 Å². The number of nitrogens with one attached hydrogen (secondary N) is 1. The summed E-state index contributed by atoms with van der Waals surface area (Å²) in [5.41, 5.74) is 0.221. The van der Waals surface area contributed by atoms with Gasteiger partial charge in [-0.15, -0.1) is 0 Å². The van der Waals surface area contributed by atoms with Gasteiger partial charge >= 0.3 is 5.97 Å². The highest BCUT2D eigenvalue weighted by atomic mass is 35.5. The Bertz CT molecular complexity index is 446. The van der Waals surface area contributed by atoms with Gasteiger partial charge in [-0.25, -0.2) is 4.79 Å². The van der Waals surface area contributed by atoms with E-state index in [1.165, 1.54) is 18.2 Å². The number of aromatic carboxylic acids is 1. The lowest BCUT2D eigenvalue weighted by Crippen LogP contribution is -2.27. The van der Waals surface area contributed by atoms with Crippen LogP contribution in [-0.2, 0) is 4.79 Å². The SMILES string of the molecule is CN(C)CC(=O)Nc1ccc(Cl)cc1C(=O)O. The molecule has 0 saturated heterocycles. The van der Waals surface area contributed by atoms with Crippen LogP contribution in [0.4, 0.5) is 5.69 Å². The number of carboxylic acid groups (broad SMARTS) is 1. The zero-order valence-corrected chi connectivity index (χ0v) is 10.3. The standard InChI is InChI=1S/C11H13ClN2O3/c1-14(2)6-10(15)13-9-4-3-7(12)5-8(9)11(16)17/h3-5H,6H2,1-2H3,(H,13,15)(H,16,17). The first kappa shape index (κ1) is 13.5. The third kappa shape index (κ3) is 4.05. The van der Waals surface area contributed by atoms with Crippen molar-refractivity contribution in [3.63, 3.8) is 0 Å². The van der Waals surface area contributed by atoms with E-state index in [1.54, 1.807) is 19.0 Å². The minimum absolute atomic E-state index is 0.0235. The van der Waals surface area contributed by atoms with Crippen molar-refractivity contribution in [1.82, 2.24) is 4.90 Å². The van der Waals surface area contributed by atoms with Crippen molar-refractivity contribution in [1.29, 1.82) is 0 Å². The number of nitrogens with zero attached hydrogens (tertiary/aromatic N) is 1. The van der Waals surface area contributed by atoms with Crippen molar-refractivity contribution in [2.75, 3.05) is 26.0 Å². The molecule has 1 rings (SSSR count). The fraction of sp³-hybridized carbons (Fsp3) is 0.273. The Balaban J connectivity index is 2.91. The van der Waals surface area contributed by atoms with Crippen molar-refractivity contribution in [3.05, 3.63) is 28.8 Å². The summed E-state index contributed by atoms with van der Waals surface area (Å²) in [5, 5.41) is 11.8. The van der Waals surface area contributed by atoms with Crippen LogP contribution in [0.2, 0.25) is 5.02 Å². The van der Waals surface area contributed by atoms with E-state index in [1.807, 2.05) is 0 Å². The predicted octanol–water partition coefficient (Wildman–Crippen LogP) is 1.54. The van der Waals surface area contributed by atoms with Crippen LogP contribution >= 0.6 is 11.6 Å². The quantitative estimate of drug-likeness (QED) is 0.857. The maximum Gasteiger partial charge on any atom is 0.337 e. The average molecular weight is 257 g/mol. The molecule has 0 aliphatic heterocycles. The number of benzene rings is 1. The molecule has 0 aliphatic carbocycles. The van der Waals surface area contributed by atoms with E-state index in [2.05, 4.69) is 5.32 Å². The third-order valence-corrected chi connectivity index (χ3v) is 2.18. The molecule has 0 aliphatic rings. The molecule has 0 aromatic heterocycles. The lowest BCUT2D eigenvalue weighted by Gasteiger charge is -2.11. The molecule has 0 atom stereocenters. The molecule has 6 heteroatoms. The first-order chi connectivity index (χ1) is 7.90. The van der Waals surface area contributed by atoms with Crippen LogP contribution in [0.1, 0.15) is 10.4 Å². The first-order valence-corrected chi connectivity index (χ1v) is 5.25. The largest absolute Gasteiger partial charge is 0.478 e. The number of carbonyl (C=O) groups is 2.